The van der Waals surface area contributed by atoms with Crippen LogP contribution in [0.2, 0.25) is 0 Å². The first-order chi connectivity index (χ1) is 8.24. The maximum absolute atomic E-state index is 11.0. The summed E-state index contributed by atoms with van der Waals surface area (Å²) in [7, 11) is 0. The van der Waals surface area contributed by atoms with Crippen molar-refractivity contribution in [2.75, 3.05) is 13.1 Å². The molecule has 17 heavy (non-hydrogen) atoms. The molecule has 0 fully saturated rings. The summed E-state index contributed by atoms with van der Waals surface area (Å²) in [6.45, 7) is 5.56. The van der Waals surface area contributed by atoms with Crippen LogP contribution in [0, 0.1) is 0 Å². The lowest BCUT2D eigenvalue weighted by molar-refractivity contribution is -0.146. The summed E-state index contributed by atoms with van der Waals surface area (Å²) < 4.78 is 5.33. The van der Waals surface area contributed by atoms with Crippen LogP contribution in [0.5, 0.6) is 0 Å². The van der Waals surface area contributed by atoms with Crippen molar-refractivity contribution < 1.29 is 9.53 Å². The smallest absolute Gasteiger partial charge is 0.303 e. The van der Waals surface area contributed by atoms with Gasteiger partial charge in [-0.15, -0.1) is 11.3 Å². The second kappa shape index (κ2) is 8.25. The van der Waals surface area contributed by atoms with E-state index in [9.17, 15) is 4.79 Å². The molecular formula is C13H21NO2S. The lowest BCUT2D eigenvalue weighted by Gasteiger charge is -2.15. The summed E-state index contributed by atoms with van der Waals surface area (Å²) >= 11 is 1.64. The molecule has 0 bridgehead atoms. The Hall–Kier alpha value is -0.870. The minimum atomic E-state index is -0.211. The number of unbranched alkanes of at least 4 members (excludes halogenated alkanes) is 1. The number of esters is 1. The van der Waals surface area contributed by atoms with E-state index < -0.39 is 0 Å². The van der Waals surface area contributed by atoms with Gasteiger partial charge >= 0.3 is 5.97 Å². The topological polar surface area (TPSA) is 38.3 Å². The summed E-state index contributed by atoms with van der Waals surface area (Å²) in [5.41, 5.74) is 0. The van der Waals surface area contributed by atoms with Gasteiger partial charge in [0.1, 0.15) is 6.10 Å². The van der Waals surface area contributed by atoms with Crippen LogP contribution in [0.15, 0.2) is 17.5 Å². The van der Waals surface area contributed by atoms with Gasteiger partial charge in [0.2, 0.25) is 0 Å². The van der Waals surface area contributed by atoms with E-state index in [0.29, 0.717) is 0 Å². The fourth-order valence-corrected chi connectivity index (χ4v) is 2.38. The Balaban J connectivity index is 2.34. The van der Waals surface area contributed by atoms with Crippen LogP contribution >= 0.6 is 11.3 Å². The zero-order valence-electron chi connectivity index (χ0n) is 10.6. The van der Waals surface area contributed by atoms with Crippen LogP contribution in [0.4, 0.5) is 0 Å². The molecule has 1 N–H and O–H groups in total. The number of ether oxygens (including phenoxy) is 1. The number of hydrogen-bond donors (Lipinski definition) is 1. The van der Waals surface area contributed by atoms with Crippen LogP contribution in [0.3, 0.4) is 0 Å². The Morgan fingerprint density at radius 2 is 2.35 bits per heavy atom. The first kappa shape index (κ1) is 14.2. The van der Waals surface area contributed by atoms with Crippen LogP contribution in [-0.2, 0) is 9.53 Å². The summed E-state index contributed by atoms with van der Waals surface area (Å²) in [4.78, 5) is 12.2. The van der Waals surface area contributed by atoms with E-state index in [2.05, 4.69) is 12.2 Å². The molecule has 1 heterocycles. The van der Waals surface area contributed by atoms with Crippen molar-refractivity contribution in [3.63, 3.8) is 0 Å². The second-order valence-electron chi connectivity index (χ2n) is 4.01. The van der Waals surface area contributed by atoms with Gasteiger partial charge in [-0.1, -0.05) is 19.4 Å². The van der Waals surface area contributed by atoms with Crippen molar-refractivity contribution in [2.45, 2.75) is 39.2 Å². The molecule has 0 saturated carbocycles. The number of rotatable bonds is 8. The number of carbonyl (C=O) groups excluding carboxylic acids is 1. The SMILES string of the molecule is CCCCNCCC(OC(C)=O)c1cccs1. The van der Waals surface area contributed by atoms with E-state index in [1.165, 1.54) is 19.8 Å². The van der Waals surface area contributed by atoms with Gasteiger partial charge < -0.3 is 10.1 Å². The summed E-state index contributed by atoms with van der Waals surface area (Å²) in [6.07, 6.45) is 3.13. The number of nitrogens with one attached hydrogen (secondary N) is 1. The average Bonchev–Trinajstić information content (AvgIpc) is 2.80. The third-order valence-corrected chi connectivity index (χ3v) is 3.42. The van der Waals surface area contributed by atoms with E-state index >= 15 is 0 Å². The maximum atomic E-state index is 11.0. The second-order valence-corrected chi connectivity index (χ2v) is 4.98. The number of hydrogen-bond acceptors (Lipinski definition) is 4. The van der Waals surface area contributed by atoms with Gasteiger partial charge in [-0.25, -0.2) is 0 Å². The summed E-state index contributed by atoms with van der Waals surface area (Å²) in [5, 5.41) is 5.38. The van der Waals surface area contributed by atoms with Gasteiger partial charge in [-0.2, -0.15) is 0 Å². The molecule has 1 aromatic heterocycles. The molecule has 3 nitrogen and oxygen atoms in total. The van der Waals surface area contributed by atoms with Gasteiger partial charge in [0.15, 0.2) is 0 Å². The molecule has 0 aliphatic carbocycles. The van der Waals surface area contributed by atoms with Gasteiger partial charge in [-0.3, -0.25) is 4.79 Å². The third-order valence-electron chi connectivity index (χ3n) is 2.46. The molecular weight excluding hydrogens is 234 g/mol. The van der Waals surface area contributed by atoms with Crippen LogP contribution < -0.4 is 5.32 Å². The van der Waals surface area contributed by atoms with E-state index in [1.54, 1.807) is 11.3 Å². The Labute approximate surface area is 107 Å². The Kier molecular flexibility index (Phi) is 6.89. The first-order valence-electron chi connectivity index (χ1n) is 6.15. The molecule has 1 rings (SSSR count). The van der Waals surface area contributed by atoms with Gasteiger partial charge in [0, 0.05) is 18.2 Å². The lowest BCUT2D eigenvalue weighted by atomic mass is 10.2. The molecule has 0 spiro atoms. The molecule has 1 unspecified atom stereocenters. The summed E-state index contributed by atoms with van der Waals surface area (Å²) in [6, 6.07) is 4.01. The molecule has 1 atom stereocenters. The summed E-state index contributed by atoms with van der Waals surface area (Å²) in [5.74, 6) is -0.211. The molecule has 96 valence electrons. The fraction of sp³-hybridized carbons (Fsp3) is 0.615. The van der Waals surface area contributed by atoms with Crippen LogP contribution in [-0.4, -0.2) is 19.1 Å². The minimum Gasteiger partial charge on any atom is -0.457 e. The Morgan fingerprint density at radius 1 is 1.53 bits per heavy atom. The standard InChI is InChI=1S/C13H21NO2S/c1-3-4-8-14-9-7-12(16-11(2)15)13-6-5-10-17-13/h5-6,10,12,14H,3-4,7-9H2,1-2H3. The largest absolute Gasteiger partial charge is 0.457 e. The van der Waals surface area contributed by atoms with Crippen LogP contribution in [0.25, 0.3) is 0 Å². The van der Waals surface area contributed by atoms with Crippen LogP contribution in [0.1, 0.15) is 44.1 Å². The predicted molar refractivity (Wildman–Crippen MR) is 71.2 cm³/mol. The number of thiophene rings is 1. The van der Waals surface area contributed by atoms with E-state index in [-0.39, 0.29) is 12.1 Å². The molecule has 0 amide bonds. The predicted octanol–water partition coefficient (Wildman–Crippen LogP) is 3.13. The van der Waals surface area contributed by atoms with Gasteiger partial charge in [0.25, 0.3) is 0 Å². The van der Waals surface area contributed by atoms with Crippen molar-refractivity contribution in [2.24, 2.45) is 0 Å². The highest BCUT2D eigenvalue weighted by Gasteiger charge is 2.15. The Bertz CT molecular complexity index is 311. The molecule has 0 aliphatic rings. The van der Waals surface area contributed by atoms with Gasteiger partial charge in [0.05, 0.1) is 0 Å². The highest BCUT2D eigenvalue weighted by molar-refractivity contribution is 7.10. The fourth-order valence-electron chi connectivity index (χ4n) is 1.59. The highest BCUT2D eigenvalue weighted by atomic mass is 32.1. The average molecular weight is 255 g/mol. The number of carbonyl (C=O) groups is 1. The molecule has 0 aromatic carbocycles. The molecule has 0 radical (unpaired) electrons. The molecule has 0 aliphatic heterocycles. The minimum absolute atomic E-state index is 0.0957. The van der Waals surface area contributed by atoms with Crippen molar-refractivity contribution >= 4 is 17.3 Å². The van der Waals surface area contributed by atoms with Crippen molar-refractivity contribution in [3.8, 4) is 0 Å². The zero-order valence-corrected chi connectivity index (χ0v) is 11.4. The molecule has 0 saturated heterocycles. The highest BCUT2D eigenvalue weighted by Crippen LogP contribution is 2.25. The maximum Gasteiger partial charge on any atom is 0.303 e. The lowest BCUT2D eigenvalue weighted by Crippen LogP contribution is -2.20. The van der Waals surface area contributed by atoms with Crippen molar-refractivity contribution in [1.29, 1.82) is 0 Å². The van der Waals surface area contributed by atoms with Crippen molar-refractivity contribution in [1.82, 2.24) is 5.32 Å². The quantitative estimate of drug-likeness (QED) is 0.573. The zero-order chi connectivity index (χ0) is 12.5. The normalized spacial score (nSPS) is 12.4. The first-order valence-corrected chi connectivity index (χ1v) is 7.03. The molecule has 1 aromatic rings. The third kappa shape index (κ3) is 5.84. The van der Waals surface area contributed by atoms with E-state index in [0.717, 1.165) is 24.4 Å². The van der Waals surface area contributed by atoms with Gasteiger partial charge in [-0.05, 0) is 31.0 Å². The van der Waals surface area contributed by atoms with Crippen molar-refractivity contribution in [3.05, 3.63) is 22.4 Å². The van der Waals surface area contributed by atoms with E-state index in [4.69, 9.17) is 4.74 Å². The molecule has 4 heteroatoms. The van der Waals surface area contributed by atoms with E-state index in [1.807, 2.05) is 17.5 Å². The Morgan fingerprint density at radius 3 is 2.94 bits per heavy atom. The monoisotopic (exact) mass is 255 g/mol.